The van der Waals surface area contributed by atoms with Gasteiger partial charge in [-0.25, -0.2) is 9.78 Å². The maximum atomic E-state index is 12.7. The number of ether oxygens (including phenoxy) is 1. The molecule has 2 unspecified atom stereocenters. The molecule has 29 heavy (non-hydrogen) atoms. The van der Waals surface area contributed by atoms with Crippen LogP contribution in [0.1, 0.15) is 46.7 Å². The molecule has 2 atom stereocenters. The van der Waals surface area contributed by atoms with Gasteiger partial charge in [0.25, 0.3) is 5.91 Å². The van der Waals surface area contributed by atoms with E-state index in [1.165, 1.54) is 16.9 Å². The third-order valence-electron chi connectivity index (χ3n) is 4.67. The van der Waals surface area contributed by atoms with Crippen LogP contribution in [0.4, 0.5) is 0 Å². The summed E-state index contributed by atoms with van der Waals surface area (Å²) in [4.78, 5) is 29.5. The summed E-state index contributed by atoms with van der Waals surface area (Å²) in [5, 5.41) is 8.94. The van der Waals surface area contributed by atoms with Crippen molar-refractivity contribution in [1.29, 1.82) is 0 Å². The van der Waals surface area contributed by atoms with Crippen molar-refractivity contribution in [3.05, 3.63) is 52.0 Å². The zero-order valence-corrected chi connectivity index (χ0v) is 18.2. The lowest BCUT2D eigenvalue weighted by atomic mass is 10.0. The molecule has 6 nitrogen and oxygen atoms in total. The van der Waals surface area contributed by atoms with Gasteiger partial charge in [-0.1, -0.05) is 30.3 Å². The minimum Gasteiger partial charge on any atom is -0.464 e. The molecular weight excluding hydrogens is 406 g/mol. The Bertz CT molecular complexity index is 791. The predicted octanol–water partition coefficient (Wildman–Crippen LogP) is 3.21. The lowest BCUT2D eigenvalue weighted by Gasteiger charge is -2.20. The molecule has 0 spiro atoms. The van der Waals surface area contributed by atoms with Gasteiger partial charge in [0.15, 0.2) is 0 Å². The number of carbonyl (C=O) groups is 2. The molecule has 1 saturated heterocycles. The van der Waals surface area contributed by atoms with Crippen molar-refractivity contribution in [2.75, 3.05) is 25.4 Å². The van der Waals surface area contributed by atoms with Crippen LogP contribution in [0.2, 0.25) is 0 Å². The number of aromatic nitrogens is 1. The van der Waals surface area contributed by atoms with Crippen LogP contribution < -0.4 is 10.6 Å². The summed E-state index contributed by atoms with van der Waals surface area (Å²) in [6.45, 7) is 3.98. The lowest BCUT2D eigenvalue weighted by molar-refractivity contribution is -0.144. The van der Waals surface area contributed by atoms with Crippen LogP contribution in [0, 0.1) is 0 Å². The smallest absolute Gasteiger partial charge is 0.329 e. The fraction of sp³-hybridized carbons (Fsp3) is 0.476. The van der Waals surface area contributed by atoms with Gasteiger partial charge in [0.1, 0.15) is 11.7 Å². The molecule has 0 aliphatic carbocycles. The maximum absolute atomic E-state index is 12.7. The molecule has 2 aromatic rings. The quantitative estimate of drug-likeness (QED) is 0.591. The number of thiazole rings is 1. The SMILES string of the molecule is CCOC(=O)C(CSCc1ccccc1)NC(=O)c1csc(C2CCCNC2)n1. The number of thioether (sulfide) groups is 1. The molecule has 8 heteroatoms. The van der Waals surface area contributed by atoms with E-state index in [0.29, 0.717) is 17.4 Å². The average Bonchev–Trinajstić information content (AvgIpc) is 3.25. The van der Waals surface area contributed by atoms with Gasteiger partial charge in [0.05, 0.1) is 11.6 Å². The fourth-order valence-corrected chi connectivity index (χ4v) is 5.09. The van der Waals surface area contributed by atoms with Crippen LogP contribution in [-0.2, 0) is 15.3 Å². The summed E-state index contributed by atoms with van der Waals surface area (Å²) < 4.78 is 5.15. The van der Waals surface area contributed by atoms with Gasteiger partial charge >= 0.3 is 5.97 Å². The molecule has 1 aromatic carbocycles. The molecule has 1 aromatic heterocycles. The number of hydrogen-bond acceptors (Lipinski definition) is 7. The van der Waals surface area contributed by atoms with Crippen LogP contribution in [0.15, 0.2) is 35.7 Å². The van der Waals surface area contributed by atoms with E-state index < -0.39 is 12.0 Å². The largest absolute Gasteiger partial charge is 0.464 e. The molecule has 1 aliphatic rings. The number of carbonyl (C=O) groups excluding carboxylic acids is 2. The molecule has 1 aliphatic heterocycles. The van der Waals surface area contributed by atoms with E-state index >= 15 is 0 Å². The normalized spacial score (nSPS) is 17.5. The number of amides is 1. The number of nitrogens with zero attached hydrogens (tertiary/aromatic N) is 1. The summed E-state index contributed by atoms with van der Waals surface area (Å²) in [7, 11) is 0. The van der Waals surface area contributed by atoms with E-state index in [4.69, 9.17) is 4.74 Å². The first-order chi connectivity index (χ1) is 14.2. The zero-order chi connectivity index (χ0) is 20.5. The Labute approximate surface area is 179 Å². The highest BCUT2D eigenvalue weighted by Gasteiger charge is 2.25. The van der Waals surface area contributed by atoms with Crippen molar-refractivity contribution in [3.63, 3.8) is 0 Å². The van der Waals surface area contributed by atoms with Crippen LogP contribution >= 0.6 is 23.1 Å². The van der Waals surface area contributed by atoms with E-state index in [1.54, 1.807) is 24.1 Å². The van der Waals surface area contributed by atoms with Gasteiger partial charge in [-0.05, 0) is 31.9 Å². The number of nitrogens with one attached hydrogen (secondary N) is 2. The molecule has 156 valence electrons. The summed E-state index contributed by atoms with van der Waals surface area (Å²) in [5.41, 5.74) is 1.55. The number of piperidine rings is 1. The highest BCUT2D eigenvalue weighted by Crippen LogP contribution is 2.26. The number of benzene rings is 1. The summed E-state index contributed by atoms with van der Waals surface area (Å²) in [5.74, 6) is 0.839. The predicted molar refractivity (Wildman–Crippen MR) is 117 cm³/mol. The molecule has 1 fully saturated rings. The van der Waals surface area contributed by atoms with Gasteiger partial charge in [0, 0.05) is 29.3 Å². The van der Waals surface area contributed by atoms with Crippen molar-refractivity contribution in [2.24, 2.45) is 0 Å². The lowest BCUT2D eigenvalue weighted by Crippen LogP contribution is -2.43. The molecule has 2 N–H and O–H groups in total. The third-order valence-corrected chi connectivity index (χ3v) is 6.79. The van der Waals surface area contributed by atoms with Gasteiger partial charge in [0.2, 0.25) is 0 Å². The van der Waals surface area contributed by atoms with Gasteiger partial charge < -0.3 is 15.4 Å². The highest BCUT2D eigenvalue weighted by atomic mass is 32.2. The van der Waals surface area contributed by atoms with E-state index in [-0.39, 0.29) is 12.5 Å². The molecule has 3 rings (SSSR count). The van der Waals surface area contributed by atoms with Gasteiger partial charge in [-0.3, -0.25) is 4.79 Å². The van der Waals surface area contributed by atoms with E-state index in [0.717, 1.165) is 36.7 Å². The van der Waals surface area contributed by atoms with Crippen LogP contribution in [0.25, 0.3) is 0 Å². The fourth-order valence-electron chi connectivity index (χ4n) is 3.15. The number of esters is 1. The maximum Gasteiger partial charge on any atom is 0.329 e. The molecule has 0 saturated carbocycles. The van der Waals surface area contributed by atoms with E-state index in [2.05, 4.69) is 15.6 Å². The second-order valence-corrected chi connectivity index (χ2v) is 8.81. The van der Waals surface area contributed by atoms with Crippen LogP contribution in [-0.4, -0.2) is 48.4 Å². The van der Waals surface area contributed by atoms with Crippen molar-refractivity contribution in [1.82, 2.24) is 15.6 Å². The second-order valence-electron chi connectivity index (χ2n) is 6.89. The Morgan fingerprint density at radius 1 is 1.38 bits per heavy atom. The second kappa shape index (κ2) is 11.3. The third kappa shape index (κ3) is 6.55. The van der Waals surface area contributed by atoms with Crippen LogP contribution in [0.5, 0.6) is 0 Å². The Kier molecular flexibility index (Phi) is 8.52. The number of hydrogen-bond donors (Lipinski definition) is 2. The summed E-state index contributed by atoms with van der Waals surface area (Å²) in [6, 6.07) is 9.34. The Morgan fingerprint density at radius 2 is 2.21 bits per heavy atom. The first-order valence-electron chi connectivity index (χ1n) is 9.92. The van der Waals surface area contributed by atoms with E-state index in [1.807, 2.05) is 30.3 Å². The zero-order valence-electron chi connectivity index (χ0n) is 16.6. The topological polar surface area (TPSA) is 80.3 Å². The standard InChI is InChI=1S/C21H27N3O3S2/c1-2-27-21(26)18(13-28-12-15-7-4-3-5-8-15)23-19(25)17-14-29-20(24-17)16-9-6-10-22-11-16/h3-5,7-8,14,16,18,22H,2,6,9-13H2,1H3,(H,23,25). The van der Waals surface area contributed by atoms with Gasteiger partial charge in [-0.15, -0.1) is 11.3 Å². The molecule has 0 radical (unpaired) electrons. The Morgan fingerprint density at radius 3 is 2.93 bits per heavy atom. The summed E-state index contributed by atoms with van der Waals surface area (Å²) in [6.07, 6.45) is 2.21. The Hall–Kier alpha value is -1.90. The van der Waals surface area contributed by atoms with Crippen molar-refractivity contribution >= 4 is 35.0 Å². The van der Waals surface area contributed by atoms with Crippen molar-refractivity contribution < 1.29 is 14.3 Å². The van der Waals surface area contributed by atoms with Crippen LogP contribution in [0.3, 0.4) is 0 Å². The average molecular weight is 434 g/mol. The Balaban J connectivity index is 1.58. The summed E-state index contributed by atoms with van der Waals surface area (Å²) >= 11 is 3.10. The molecular formula is C21H27N3O3S2. The molecule has 0 bridgehead atoms. The highest BCUT2D eigenvalue weighted by molar-refractivity contribution is 7.98. The monoisotopic (exact) mass is 433 g/mol. The van der Waals surface area contributed by atoms with E-state index in [9.17, 15) is 9.59 Å². The minimum absolute atomic E-state index is 0.282. The first-order valence-corrected chi connectivity index (χ1v) is 12.0. The first kappa shape index (κ1) is 21.8. The molecule has 1 amide bonds. The minimum atomic E-state index is -0.697. The number of rotatable bonds is 9. The van der Waals surface area contributed by atoms with Gasteiger partial charge in [-0.2, -0.15) is 11.8 Å². The van der Waals surface area contributed by atoms with Crippen molar-refractivity contribution in [3.8, 4) is 0 Å². The molecule has 2 heterocycles. The van der Waals surface area contributed by atoms with Crippen molar-refractivity contribution in [2.45, 2.75) is 37.5 Å².